The van der Waals surface area contributed by atoms with E-state index in [0.717, 1.165) is 5.56 Å². The molecular formula is C11H11N3O2. The zero-order valence-electron chi connectivity index (χ0n) is 8.73. The summed E-state index contributed by atoms with van der Waals surface area (Å²) in [5.74, 6) is -0.342. The first kappa shape index (κ1) is 10.2. The average molecular weight is 217 g/mol. The highest BCUT2D eigenvalue weighted by molar-refractivity contribution is 6.04. The minimum atomic E-state index is -0.342. The summed E-state index contributed by atoms with van der Waals surface area (Å²) >= 11 is 0. The van der Waals surface area contributed by atoms with Crippen molar-refractivity contribution in [1.29, 1.82) is 0 Å². The Kier molecular flexibility index (Phi) is 2.59. The summed E-state index contributed by atoms with van der Waals surface area (Å²) in [5, 5.41) is 6.20. The quantitative estimate of drug-likeness (QED) is 0.752. The second-order valence-corrected chi connectivity index (χ2v) is 3.43. The molecule has 1 aromatic carbocycles. The number of carbonyl (C=O) groups excluding carboxylic acids is 1. The van der Waals surface area contributed by atoms with Crippen molar-refractivity contribution >= 4 is 17.3 Å². The van der Waals surface area contributed by atoms with Crippen molar-refractivity contribution in [3.05, 3.63) is 41.8 Å². The first-order chi connectivity index (χ1) is 7.66. The van der Waals surface area contributed by atoms with Gasteiger partial charge in [-0.15, -0.1) is 0 Å². The smallest absolute Gasteiger partial charge is 0.277 e. The molecule has 0 atom stereocenters. The molecule has 2 rings (SSSR count). The van der Waals surface area contributed by atoms with Crippen molar-refractivity contribution in [3.63, 3.8) is 0 Å². The molecule has 5 nitrogen and oxygen atoms in total. The molecule has 0 aliphatic rings. The average Bonchev–Trinajstić information content (AvgIpc) is 2.76. The van der Waals surface area contributed by atoms with Crippen LogP contribution in [0.4, 0.5) is 11.4 Å². The lowest BCUT2D eigenvalue weighted by molar-refractivity contribution is 0.101. The molecule has 1 heterocycles. The van der Waals surface area contributed by atoms with Crippen LogP contribution in [0.25, 0.3) is 0 Å². The molecule has 0 saturated carbocycles. The van der Waals surface area contributed by atoms with Gasteiger partial charge in [0.25, 0.3) is 5.91 Å². The molecular weight excluding hydrogens is 206 g/mol. The minimum absolute atomic E-state index is 0.223. The van der Waals surface area contributed by atoms with Gasteiger partial charge in [0.15, 0.2) is 5.69 Å². The molecule has 1 amide bonds. The summed E-state index contributed by atoms with van der Waals surface area (Å²) in [4.78, 5) is 11.6. The van der Waals surface area contributed by atoms with Gasteiger partial charge in [-0.2, -0.15) is 0 Å². The molecule has 0 saturated heterocycles. The molecule has 16 heavy (non-hydrogen) atoms. The zero-order chi connectivity index (χ0) is 11.5. The van der Waals surface area contributed by atoms with Gasteiger partial charge in [-0.25, -0.2) is 0 Å². The standard InChI is InChI=1S/C11H11N3O2/c1-7-2-3-8(12)10(6-7)13-11(15)9-4-5-16-14-9/h2-6H,12H2,1H3,(H,13,15). The van der Waals surface area contributed by atoms with Crippen LogP contribution in [0, 0.1) is 6.92 Å². The van der Waals surface area contributed by atoms with Crippen LogP contribution in [0.3, 0.4) is 0 Å². The number of anilines is 2. The van der Waals surface area contributed by atoms with Gasteiger partial charge in [-0.1, -0.05) is 11.2 Å². The molecule has 2 aromatic rings. The van der Waals surface area contributed by atoms with Gasteiger partial charge in [0.05, 0.1) is 11.4 Å². The monoisotopic (exact) mass is 217 g/mol. The number of nitrogens with zero attached hydrogens (tertiary/aromatic N) is 1. The largest absolute Gasteiger partial charge is 0.397 e. The van der Waals surface area contributed by atoms with Crippen LogP contribution in [-0.2, 0) is 0 Å². The topological polar surface area (TPSA) is 81.1 Å². The molecule has 3 N–H and O–H groups in total. The van der Waals surface area contributed by atoms with Crippen LogP contribution in [0.2, 0.25) is 0 Å². The number of hydrogen-bond acceptors (Lipinski definition) is 4. The summed E-state index contributed by atoms with van der Waals surface area (Å²) in [6.07, 6.45) is 1.34. The molecule has 0 aliphatic carbocycles. The Balaban J connectivity index is 2.21. The van der Waals surface area contributed by atoms with Crippen LogP contribution in [0.1, 0.15) is 16.1 Å². The lowest BCUT2D eigenvalue weighted by Gasteiger charge is -2.07. The second-order valence-electron chi connectivity index (χ2n) is 3.43. The van der Waals surface area contributed by atoms with E-state index in [4.69, 9.17) is 5.73 Å². The Morgan fingerprint density at radius 1 is 1.44 bits per heavy atom. The summed E-state index contributed by atoms with van der Waals surface area (Å²) in [5.41, 5.74) is 8.07. The molecule has 0 aliphatic heterocycles. The van der Waals surface area contributed by atoms with E-state index in [0.29, 0.717) is 11.4 Å². The zero-order valence-corrected chi connectivity index (χ0v) is 8.73. The van der Waals surface area contributed by atoms with Crippen molar-refractivity contribution in [3.8, 4) is 0 Å². The number of nitrogen functional groups attached to an aromatic ring is 1. The third-order valence-electron chi connectivity index (χ3n) is 2.13. The molecule has 5 heteroatoms. The van der Waals surface area contributed by atoms with Crippen molar-refractivity contribution in [2.45, 2.75) is 6.92 Å². The predicted molar refractivity (Wildman–Crippen MR) is 60.0 cm³/mol. The number of amides is 1. The van der Waals surface area contributed by atoms with Crippen LogP contribution in [0.15, 0.2) is 35.1 Å². The van der Waals surface area contributed by atoms with Gasteiger partial charge in [-0.05, 0) is 24.6 Å². The number of nitrogens with one attached hydrogen (secondary N) is 1. The Morgan fingerprint density at radius 3 is 2.94 bits per heavy atom. The van der Waals surface area contributed by atoms with Crippen LogP contribution < -0.4 is 11.1 Å². The predicted octanol–water partition coefficient (Wildman–Crippen LogP) is 1.82. The van der Waals surface area contributed by atoms with Gasteiger partial charge >= 0.3 is 0 Å². The second kappa shape index (κ2) is 4.06. The highest BCUT2D eigenvalue weighted by Gasteiger charge is 2.10. The maximum absolute atomic E-state index is 11.6. The lowest BCUT2D eigenvalue weighted by Crippen LogP contribution is -2.13. The normalized spacial score (nSPS) is 10.1. The maximum Gasteiger partial charge on any atom is 0.277 e. The van der Waals surface area contributed by atoms with E-state index in [1.807, 2.05) is 13.0 Å². The number of rotatable bonds is 2. The third-order valence-corrected chi connectivity index (χ3v) is 2.13. The van der Waals surface area contributed by atoms with Gasteiger partial charge in [0.1, 0.15) is 6.26 Å². The summed E-state index contributed by atoms with van der Waals surface area (Å²) < 4.78 is 4.59. The first-order valence-electron chi connectivity index (χ1n) is 4.74. The summed E-state index contributed by atoms with van der Waals surface area (Å²) in [7, 11) is 0. The summed E-state index contributed by atoms with van der Waals surface area (Å²) in [6.45, 7) is 1.92. The van der Waals surface area contributed by atoms with Crippen molar-refractivity contribution in [2.75, 3.05) is 11.1 Å². The van der Waals surface area contributed by atoms with Crippen molar-refractivity contribution in [1.82, 2.24) is 5.16 Å². The Hall–Kier alpha value is -2.30. The van der Waals surface area contributed by atoms with E-state index in [-0.39, 0.29) is 11.6 Å². The Morgan fingerprint density at radius 2 is 2.25 bits per heavy atom. The number of aryl methyl sites for hydroxylation is 1. The minimum Gasteiger partial charge on any atom is -0.397 e. The number of benzene rings is 1. The van der Waals surface area contributed by atoms with Crippen LogP contribution in [-0.4, -0.2) is 11.1 Å². The van der Waals surface area contributed by atoms with E-state index >= 15 is 0 Å². The van der Waals surface area contributed by atoms with Crippen LogP contribution in [0.5, 0.6) is 0 Å². The number of aromatic nitrogens is 1. The summed E-state index contributed by atoms with van der Waals surface area (Å²) in [6, 6.07) is 6.91. The molecule has 0 unspecified atom stereocenters. The fraction of sp³-hybridized carbons (Fsp3) is 0.0909. The highest BCUT2D eigenvalue weighted by Crippen LogP contribution is 2.20. The number of hydrogen-bond donors (Lipinski definition) is 2. The van der Waals surface area contributed by atoms with Gasteiger partial charge in [0, 0.05) is 6.07 Å². The SMILES string of the molecule is Cc1ccc(N)c(NC(=O)c2ccon2)c1. The molecule has 0 fully saturated rings. The first-order valence-corrected chi connectivity index (χ1v) is 4.74. The highest BCUT2D eigenvalue weighted by atomic mass is 16.5. The van der Waals surface area contributed by atoms with Gasteiger partial charge in [0.2, 0.25) is 0 Å². The molecule has 1 aromatic heterocycles. The fourth-order valence-corrected chi connectivity index (χ4v) is 1.29. The lowest BCUT2D eigenvalue weighted by atomic mass is 10.2. The molecule has 0 bridgehead atoms. The van der Waals surface area contributed by atoms with Crippen molar-refractivity contribution in [2.24, 2.45) is 0 Å². The number of carbonyl (C=O) groups is 1. The third kappa shape index (κ3) is 2.03. The van der Waals surface area contributed by atoms with Gasteiger partial charge in [-0.3, -0.25) is 4.79 Å². The maximum atomic E-state index is 11.6. The fourth-order valence-electron chi connectivity index (χ4n) is 1.29. The van der Waals surface area contributed by atoms with E-state index in [1.165, 1.54) is 12.3 Å². The van der Waals surface area contributed by atoms with E-state index < -0.39 is 0 Å². The Labute approximate surface area is 92.2 Å². The van der Waals surface area contributed by atoms with E-state index in [1.54, 1.807) is 12.1 Å². The molecule has 0 spiro atoms. The van der Waals surface area contributed by atoms with Gasteiger partial charge < -0.3 is 15.6 Å². The molecule has 0 radical (unpaired) electrons. The Bertz CT molecular complexity index is 506. The number of nitrogens with two attached hydrogens (primary N) is 1. The van der Waals surface area contributed by atoms with Crippen LogP contribution >= 0.6 is 0 Å². The van der Waals surface area contributed by atoms with E-state index in [9.17, 15) is 4.79 Å². The molecule has 82 valence electrons. The van der Waals surface area contributed by atoms with E-state index in [2.05, 4.69) is 15.0 Å². The van der Waals surface area contributed by atoms with Crippen molar-refractivity contribution < 1.29 is 9.32 Å².